The molecule has 24 heavy (non-hydrogen) atoms. The average Bonchev–Trinajstić information content (AvgIpc) is 3.05. The molecule has 0 radical (unpaired) electrons. The first-order valence-electron chi connectivity index (χ1n) is 8.45. The van der Waals surface area contributed by atoms with Gasteiger partial charge in [-0.05, 0) is 36.6 Å². The van der Waals surface area contributed by atoms with Gasteiger partial charge in [0.25, 0.3) is 0 Å². The molecule has 6 heteroatoms. The second-order valence-corrected chi connectivity index (χ2v) is 6.11. The first-order chi connectivity index (χ1) is 11.5. The summed E-state index contributed by atoms with van der Waals surface area (Å²) >= 11 is 0. The Balaban J connectivity index is 1.87. The smallest absolute Gasteiger partial charge is 0.222 e. The number of aliphatic imine (C=N–C) groups is 1. The van der Waals surface area contributed by atoms with Gasteiger partial charge in [0, 0.05) is 39.1 Å². The summed E-state index contributed by atoms with van der Waals surface area (Å²) in [6, 6.07) is 6.40. The van der Waals surface area contributed by atoms with Crippen molar-refractivity contribution in [3.63, 3.8) is 0 Å². The van der Waals surface area contributed by atoms with Gasteiger partial charge in [-0.3, -0.25) is 9.79 Å². The highest BCUT2D eigenvalue weighted by atomic mass is 16.5. The van der Waals surface area contributed by atoms with Crippen LogP contribution in [0.3, 0.4) is 0 Å². The molecule has 1 aliphatic heterocycles. The monoisotopic (exact) mass is 332 g/mol. The third kappa shape index (κ3) is 4.88. The number of carbonyl (C=O) groups excluding carboxylic acids is 1. The molecular weight excluding hydrogens is 304 g/mol. The summed E-state index contributed by atoms with van der Waals surface area (Å²) in [5, 5.41) is 6.73. The van der Waals surface area contributed by atoms with Crippen molar-refractivity contribution in [2.24, 2.45) is 4.99 Å². The first kappa shape index (κ1) is 18.1. The molecule has 0 saturated carbocycles. The maximum Gasteiger partial charge on any atom is 0.222 e. The van der Waals surface area contributed by atoms with E-state index in [1.165, 1.54) is 5.56 Å². The van der Waals surface area contributed by atoms with Gasteiger partial charge in [0.2, 0.25) is 5.91 Å². The number of amides is 1. The third-order valence-corrected chi connectivity index (χ3v) is 4.21. The lowest BCUT2D eigenvalue weighted by atomic mass is 10.1. The van der Waals surface area contributed by atoms with Gasteiger partial charge in [-0.2, -0.15) is 0 Å². The van der Waals surface area contributed by atoms with Gasteiger partial charge < -0.3 is 20.3 Å². The van der Waals surface area contributed by atoms with Crippen LogP contribution in [0.25, 0.3) is 0 Å². The van der Waals surface area contributed by atoms with Crippen LogP contribution in [0.5, 0.6) is 5.75 Å². The van der Waals surface area contributed by atoms with E-state index in [0.717, 1.165) is 36.8 Å². The second kappa shape index (κ2) is 8.57. The van der Waals surface area contributed by atoms with Crippen molar-refractivity contribution in [1.29, 1.82) is 0 Å². The summed E-state index contributed by atoms with van der Waals surface area (Å²) in [6.45, 7) is 6.18. The molecule has 0 aliphatic carbocycles. The van der Waals surface area contributed by atoms with E-state index in [9.17, 15) is 4.79 Å². The molecule has 1 unspecified atom stereocenters. The minimum atomic E-state index is 0.217. The number of carbonyl (C=O) groups is 1. The predicted molar refractivity (Wildman–Crippen MR) is 96.3 cm³/mol. The van der Waals surface area contributed by atoms with Crippen LogP contribution in [0, 0.1) is 6.92 Å². The van der Waals surface area contributed by atoms with Gasteiger partial charge in [0.05, 0.1) is 7.11 Å². The SMILES string of the molecule is CCC(=O)N1CCC(NC(=NC)NCc2cc(C)cc(OC)c2)C1. The summed E-state index contributed by atoms with van der Waals surface area (Å²) in [4.78, 5) is 18.0. The van der Waals surface area contributed by atoms with Crippen LogP contribution in [0.15, 0.2) is 23.2 Å². The molecule has 1 amide bonds. The normalized spacial score (nSPS) is 17.8. The molecule has 2 rings (SSSR count). The molecule has 1 fully saturated rings. The number of hydrogen-bond donors (Lipinski definition) is 2. The van der Waals surface area contributed by atoms with Crippen LogP contribution in [0.2, 0.25) is 0 Å². The lowest BCUT2D eigenvalue weighted by Crippen LogP contribution is -2.44. The Bertz CT molecular complexity index is 601. The average molecular weight is 332 g/mol. The zero-order chi connectivity index (χ0) is 17.5. The fraction of sp³-hybridized carbons (Fsp3) is 0.556. The molecule has 0 aromatic heterocycles. The number of likely N-dealkylation sites (tertiary alicyclic amines) is 1. The van der Waals surface area contributed by atoms with E-state index in [1.807, 2.05) is 24.0 Å². The maximum absolute atomic E-state index is 11.8. The van der Waals surface area contributed by atoms with Crippen molar-refractivity contribution in [2.45, 2.75) is 39.3 Å². The Hall–Kier alpha value is -2.24. The number of hydrogen-bond acceptors (Lipinski definition) is 3. The van der Waals surface area contributed by atoms with Gasteiger partial charge in [-0.1, -0.05) is 13.0 Å². The molecule has 1 heterocycles. The molecule has 0 spiro atoms. The summed E-state index contributed by atoms with van der Waals surface area (Å²) in [5.74, 6) is 1.83. The molecule has 132 valence electrons. The van der Waals surface area contributed by atoms with Crippen molar-refractivity contribution in [3.8, 4) is 5.75 Å². The first-order valence-corrected chi connectivity index (χ1v) is 8.45. The van der Waals surface area contributed by atoms with E-state index < -0.39 is 0 Å². The standard InChI is InChI=1S/C18H28N4O2/c1-5-17(23)22-7-6-15(12-22)21-18(19-3)20-11-14-8-13(2)9-16(10-14)24-4/h8-10,15H,5-7,11-12H2,1-4H3,(H2,19,20,21). The van der Waals surface area contributed by atoms with Gasteiger partial charge >= 0.3 is 0 Å². The van der Waals surface area contributed by atoms with E-state index in [-0.39, 0.29) is 11.9 Å². The molecule has 6 nitrogen and oxygen atoms in total. The number of aryl methyl sites for hydroxylation is 1. The number of benzene rings is 1. The molecule has 1 aliphatic rings. The van der Waals surface area contributed by atoms with Crippen LogP contribution in [0.4, 0.5) is 0 Å². The van der Waals surface area contributed by atoms with Crippen LogP contribution >= 0.6 is 0 Å². The molecule has 1 aromatic carbocycles. The number of methoxy groups -OCH3 is 1. The summed E-state index contributed by atoms with van der Waals surface area (Å²) in [5.41, 5.74) is 2.31. The van der Waals surface area contributed by atoms with E-state index in [1.54, 1.807) is 14.2 Å². The van der Waals surface area contributed by atoms with Gasteiger partial charge in [-0.25, -0.2) is 0 Å². The molecule has 0 bridgehead atoms. The van der Waals surface area contributed by atoms with Crippen molar-refractivity contribution < 1.29 is 9.53 Å². The molecule has 1 saturated heterocycles. The van der Waals surface area contributed by atoms with Crippen LogP contribution < -0.4 is 15.4 Å². The number of rotatable bonds is 5. The van der Waals surface area contributed by atoms with E-state index in [0.29, 0.717) is 13.0 Å². The Kier molecular flexibility index (Phi) is 6.46. The zero-order valence-corrected chi connectivity index (χ0v) is 15.1. The fourth-order valence-corrected chi connectivity index (χ4v) is 2.95. The molecular formula is C18H28N4O2. The van der Waals surface area contributed by atoms with Crippen LogP contribution in [0.1, 0.15) is 30.9 Å². The fourth-order valence-electron chi connectivity index (χ4n) is 2.95. The minimum absolute atomic E-state index is 0.217. The summed E-state index contributed by atoms with van der Waals surface area (Å²) < 4.78 is 5.31. The summed E-state index contributed by atoms with van der Waals surface area (Å²) in [6.07, 6.45) is 1.51. The van der Waals surface area contributed by atoms with E-state index >= 15 is 0 Å². The molecule has 1 atom stereocenters. The van der Waals surface area contributed by atoms with Crippen molar-refractivity contribution in [2.75, 3.05) is 27.2 Å². The van der Waals surface area contributed by atoms with Gasteiger partial charge in [-0.15, -0.1) is 0 Å². The third-order valence-electron chi connectivity index (χ3n) is 4.21. The Morgan fingerprint density at radius 3 is 2.88 bits per heavy atom. The molecule has 1 aromatic rings. The van der Waals surface area contributed by atoms with Crippen molar-refractivity contribution in [1.82, 2.24) is 15.5 Å². The number of nitrogens with zero attached hydrogens (tertiary/aromatic N) is 2. The summed E-state index contributed by atoms with van der Waals surface area (Å²) in [7, 11) is 3.44. The van der Waals surface area contributed by atoms with Crippen molar-refractivity contribution >= 4 is 11.9 Å². The Labute approximate surface area is 144 Å². The minimum Gasteiger partial charge on any atom is -0.497 e. The predicted octanol–water partition coefficient (Wildman–Crippen LogP) is 1.68. The van der Waals surface area contributed by atoms with Crippen LogP contribution in [-0.2, 0) is 11.3 Å². The van der Waals surface area contributed by atoms with Gasteiger partial charge in [0.15, 0.2) is 5.96 Å². The highest BCUT2D eigenvalue weighted by Crippen LogP contribution is 2.16. The number of nitrogens with one attached hydrogen (secondary N) is 2. The maximum atomic E-state index is 11.8. The number of guanidine groups is 1. The lowest BCUT2D eigenvalue weighted by molar-refractivity contribution is -0.129. The van der Waals surface area contributed by atoms with E-state index in [2.05, 4.69) is 28.6 Å². The highest BCUT2D eigenvalue weighted by molar-refractivity contribution is 5.80. The second-order valence-electron chi connectivity index (χ2n) is 6.11. The lowest BCUT2D eigenvalue weighted by Gasteiger charge is -2.19. The van der Waals surface area contributed by atoms with E-state index in [4.69, 9.17) is 4.74 Å². The largest absolute Gasteiger partial charge is 0.497 e. The quantitative estimate of drug-likeness (QED) is 0.636. The Morgan fingerprint density at radius 2 is 2.21 bits per heavy atom. The molecule has 2 N–H and O–H groups in total. The zero-order valence-electron chi connectivity index (χ0n) is 15.1. The highest BCUT2D eigenvalue weighted by Gasteiger charge is 2.25. The Morgan fingerprint density at radius 1 is 1.42 bits per heavy atom. The van der Waals surface area contributed by atoms with Gasteiger partial charge in [0.1, 0.15) is 5.75 Å². The topological polar surface area (TPSA) is 66.0 Å². The van der Waals surface area contributed by atoms with Crippen LogP contribution in [-0.4, -0.2) is 50.1 Å². The van der Waals surface area contributed by atoms with Crippen molar-refractivity contribution in [3.05, 3.63) is 29.3 Å². The number of ether oxygens (including phenoxy) is 1.